The van der Waals surface area contributed by atoms with Crippen LogP contribution in [0.25, 0.3) is 11.0 Å². The summed E-state index contributed by atoms with van der Waals surface area (Å²) in [7, 11) is 0. The molecule has 136 valence electrons. The number of halogens is 1. The van der Waals surface area contributed by atoms with E-state index in [2.05, 4.69) is 37.1 Å². The normalized spacial score (nSPS) is 10.3. The average molecular weight is 447 g/mol. The molecule has 1 aromatic carbocycles. The number of aromatic nitrogens is 1. The summed E-state index contributed by atoms with van der Waals surface area (Å²) >= 11 is 8.26. The third kappa shape index (κ3) is 4.54. The van der Waals surface area contributed by atoms with Crippen molar-refractivity contribution in [2.45, 2.75) is 0 Å². The number of hydrogen-bond donors (Lipinski definition) is 3. The second kappa shape index (κ2) is 8.06. The molecule has 0 saturated heterocycles. The minimum Gasteiger partial charge on any atom is -0.422 e. The molecule has 3 rings (SSSR count). The fraction of sp³-hybridized carbons (Fsp3) is 0. The average Bonchev–Trinajstić information content (AvgIpc) is 2.66. The molecule has 0 spiro atoms. The molecule has 27 heavy (non-hydrogen) atoms. The van der Waals surface area contributed by atoms with Gasteiger partial charge in [0, 0.05) is 27.8 Å². The molecule has 0 aliphatic rings. The van der Waals surface area contributed by atoms with Crippen molar-refractivity contribution in [3.8, 4) is 0 Å². The Balaban J connectivity index is 1.67. The van der Waals surface area contributed by atoms with Crippen molar-refractivity contribution in [1.29, 1.82) is 0 Å². The molecule has 0 fully saturated rings. The quantitative estimate of drug-likeness (QED) is 0.313. The van der Waals surface area contributed by atoms with Gasteiger partial charge in [-0.2, -0.15) is 0 Å². The first-order valence-electron chi connectivity index (χ1n) is 7.49. The maximum absolute atomic E-state index is 12.3. The van der Waals surface area contributed by atoms with E-state index in [1.165, 1.54) is 30.6 Å². The maximum atomic E-state index is 12.3. The third-order valence-electron chi connectivity index (χ3n) is 3.40. The number of pyridine rings is 1. The number of hydrogen-bond acceptors (Lipinski definition) is 6. The van der Waals surface area contributed by atoms with Gasteiger partial charge < -0.3 is 4.42 Å². The summed E-state index contributed by atoms with van der Waals surface area (Å²) in [5, 5.41) is 2.69. The highest BCUT2D eigenvalue weighted by Gasteiger charge is 2.15. The summed E-state index contributed by atoms with van der Waals surface area (Å²) in [5.74, 6) is -1.23. The monoisotopic (exact) mass is 446 g/mol. The number of fused-ring (bicyclic) bond motifs is 1. The molecule has 0 saturated carbocycles. The van der Waals surface area contributed by atoms with Gasteiger partial charge in [0.05, 0.1) is 0 Å². The van der Waals surface area contributed by atoms with Gasteiger partial charge >= 0.3 is 5.63 Å². The van der Waals surface area contributed by atoms with Crippen molar-refractivity contribution < 1.29 is 14.0 Å². The lowest BCUT2D eigenvalue weighted by atomic mass is 10.2. The summed E-state index contributed by atoms with van der Waals surface area (Å²) in [6.45, 7) is 0. The molecule has 0 radical (unpaired) electrons. The lowest BCUT2D eigenvalue weighted by molar-refractivity contribution is 0.0933. The Labute approximate surface area is 166 Å². The van der Waals surface area contributed by atoms with E-state index in [9.17, 15) is 14.4 Å². The van der Waals surface area contributed by atoms with Crippen LogP contribution in [0.5, 0.6) is 0 Å². The van der Waals surface area contributed by atoms with E-state index in [-0.39, 0.29) is 10.7 Å². The Kier molecular flexibility index (Phi) is 5.57. The van der Waals surface area contributed by atoms with Crippen molar-refractivity contribution in [1.82, 2.24) is 21.2 Å². The van der Waals surface area contributed by atoms with E-state index in [0.717, 1.165) is 4.47 Å². The smallest absolute Gasteiger partial charge is 0.349 e. The number of amides is 2. The van der Waals surface area contributed by atoms with Crippen molar-refractivity contribution in [3.63, 3.8) is 0 Å². The Hall–Kier alpha value is -3.11. The van der Waals surface area contributed by atoms with Crippen LogP contribution in [-0.4, -0.2) is 21.9 Å². The minimum absolute atomic E-state index is 0.184. The molecule has 3 N–H and O–H groups in total. The number of nitrogens with zero attached hydrogens (tertiary/aromatic N) is 1. The van der Waals surface area contributed by atoms with E-state index in [0.29, 0.717) is 16.5 Å². The van der Waals surface area contributed by atoms with Crippen LogP contribution in [0.4, 0.5) is 0 Å². The standard InChI is InChI=1S/C17H11BrN4O4S/c18-11-1-2-13-10(7-11)8-12(16(25)26-13)15(24)20-17(27)22-21-14(23)9-3-5-19-6-4-9/h1-8H,(H,21,23)(H2,20,22,24,27). The molecule has 0 unspecified atom stereocenters. The second-order valence-electron chi connectivity index (χ2n) is 5.23. The number of nitrogens with one attached hydrogen (secondary N) is 3. The fourth-order valence-electron chi connectivity index (χ4n) is 2.14. The molecule has 0 bridgehead atoms. The van der Waals surface area contributed by atoms with E-state index >= 15 is 0 Å². The lowest BCUT2D eigenvalue weighted by Gasteiger charge is -2.10. The first kappa shape index (κ1) is 18.7. The van der Waals surface area contributed by atoms with Crippen LogP contribution in [-0.2, 0) is 0 Å². The molecule has 8 nitrogen and oxygen atoms in total. The van der Waals surface area contributed by atoms with Gasteiger partial charge in [-0.25, -0.2) is 4.79 Å². The van der Waals surface area contributed by atoms with Crippen LogP contribution in [0.2, 0.25) is 0 Å². The van der Waals surface area contributed by atoms with Gasteiger partial charge in [-0.05, 0) is 48.6 Å². The molecule has 2 amide bonds. The second-order valence-corrected chi connectivity index (χ2v) is 6.55. The molecule has 0 atom stereocenters. The summed E-state index contributed by atoms with van der Waals surface area (Å²) < 4.78 is 5.90. The van der Waals surface area contributed by atoms with E-state index in [4.69, 9.17) is 16.6 Å². The summed E-state index contributed by atoms with van der Waals surface area (Å²) in [6, 6.07) is 9.47. The predicted molar refractivity (Wildman–Crippen MR) is 105 cm³/mol. The Morgan fingerprint density at radius 3 is 2.52 bits per heavy atom. The van der Waals surface area contributed by atoms with Gasteiger partial charge in [0.25, 0.3) is 11.8 Å². The molecular weight excluding hydrogens is 436 g/mol. The topological polar surface area (TPSA) is 113 Å². The number of carbonyl (C=O) groups is 2. The third-order valence-corrected chi connectivity index (χ3v) is 4.10. The highest BCUT2D eigenvalue weighted by atomic mass is 79.9. The molecule has 0 aliphatic heterocycles. The zero-order chi connectivity index (χ0) is 19.4. The fourth-order valence-corrected chi connectivity index (χ4v) is 2.67. The highest BCUT2D eigenvalue weighted by molar-refractivity contribution is 9.10. The van der Waals surface area contributed by atoms with Crippen LogP contribution in [0.15, 0.2) is 62.5 Å². The Bertz CT molecular complexity index is 1100. The van der Waals surface area contributed by atoms with Crippen LogP contribution >= 0.6 is 28.1 Å². The summed E-state index contributed by atoms with van der Waals surface area (Å²) in [4.78, 5) is 40.0. The number of carbonyl (C=O) groups excluding carboxylic acids is 2. The van der Waals surface area contributed by atoms with Crippen LogP contribution in [0.3, 0.4) is 0 Å². The Morgan fingerprint density at radius 2 is 1.78 bits per heavy atom. The first-order chi connectivity index (χ1) is 12.9. The van der Waals surface area contributed by atoms with Crippen LogP contribution in [0.1, 0.15) is 20.7 Å². The number of benzene rings is 1. The molecule has 3 aromatic rings. The van der Waals surface area contributed by atoms with Crippen molar-refractivity contribution >= 4 is 56.0 Å². The summed E-state index contributed by atoms with van der Waals surface area (Å²) in [5.41, 5.74) is 4.40. The van der Waals surface area contributed by atoms with Crippen molar-refractivity contribution in [2.24, 2.45) is 0 Å². The number of hydrazine groups is 1. The largest absolute Gasteiger partial charge is 0.422 e. The van der Waals surface area contributed by atoms with E-state index < -0.39 is 17.4 Å². The van der Waals surface area contributed by atoms with Gasteiger partial charge in [-0.1, -0.05) is 15.9 Å². The zero-order valence-electron chi connectivity index (χ0n) is 13.5. The molecule has 0 aliphatic carbocycles. The SMILES string of the molecule is O=C(NNC(=S)NC(=O)c1cc2cc(Br)ccc2oc1=O)c1ccncc1. The van der Waals surface area contributed by atoms with Gasteiger partial charge in [0.2, 0.25) is 0 Å². The Morgan fingerprint density at radius 1 is 1.04 bits per heavy atom. The van der Waals surface area contributed by atoms with Crippen LogP contribution in [0, 0.1) is 0 Å². The first-order valence-corrected chi connectivity index (χ1v) is 8.69. The summed E-state index contributed by atoms with van der Waals surface area (Å²) in [6.07, 6.45) is 2.93. The number of rotatable bonds is 2. The van der Waals surface area contributed by atoms with E-state index in [1.807, 2.05) is 0 Å². The maximum Gasteiger partial charge on any atom is 0.349 e. The van der Waals surface area contributed by atoms with Gasteiger partial charge in [0.15, 0.2) is 5.11 Å². The molecule has 10 heteroatoms. The van der Waals surface area contributed by atoms with Crippen molar-refractivity contribution in [2.75, 3.05) is 0 Å². The van der Waals surface area contributed by atoms with Crippen molar-refractivity contribution in [3.05, 3.63) is 74.8 Å². The van der Waals surface area contributed by atoms with Gasteiger partial charge in [-0.3, -0.25) is 30.7 Å². The predicted octanol–water partition coefficient (Wildman–Crippen LogP) is 1.90. The molecular formula is C17H11BrN4O4S. The highest BCUT2D eigenvalue weighted by Crippen LogP contribution is 2.19. The molecule has 2 aromatic heterocycles. The lowest BCUT2D eigenvalue weighted by Crippen LogP contribution is -2.49. The zero-order valence-corrected chi connectivity index (χ0v) is 15.9. The minimum atomic E-state index is -0.800. The van der Waals surface area contributed by atoms with Gasteiger partial charge in [0.1, 0.15) is 11.1 Å². The number of thiocarbonyl (C=S) groups is 1. The van der Waals surface area contributed by atoms with Crippen LogP contribution < -0.4 is 21.8 Å². The molecule has 2 heterocycles. The van der Waals surface area contributed by atoms with E-state index in [1.54, 1.807) is 18.2 Å². The van der Waals surface area contributed by atoms with Gasteiger partial charge in [-0.15, -0.1) is 0 Å².